The Morgan fingerprint density at radius 1 is 1.21 bits per heavy atom. The number of ether oxygens (including phenoxy) is 1. The molecule has 0 aliphatic rings. The van der Waals surface area contributed by atoms with Crippen molar-refractivity contribution in [2.45, 2.75) is 13.5 Å². The Morgan fingerprint density at radius 3 is 2.68 bits per heavy atom. The van der Waals surface area contributed by atoms with Gasteiger partial charge in [0, 0.05) is 39.4 Å². The summed E-state index contributed by atoms with van der Waals surface area (Å²) in [5.74, 6) is -0.618. The molecule has 2 heterocycles. The van der Waals surface area contributed by atoms with Crippen LogP contribution in [0.1, 0.15) is 20.2 Å². The molecule has 0 fully saturated rings. The number of anilines is 1. The summed E-state index contributed by atoms with van der Waals surface area (Å²) in [6.45, 7) is 2.14. The monoisotopic (exact) mass is 412 g/mol. The van der Waals surface area contributed by atoms with E-state index < -0.39 is 0 Å². The number of aryl methyl sites for hydroxylation is 1. The lowest BCUT2D eigenvalue weighted by atomic mass is 10.1. The molecule has 142 valence electrons. The molecule has 4 rings (SSSR count). The van der Waals surface area contributed by atoms with E-state index in [1.54, 1.807) is 17.4 Å². The van der Waals surface area contributed by atoms with Crippen molar-refractivity contribution < 1.29 is 13.9 Å². The number of thiophene rings is 1. The third-order valence-electron chi connectivity index (χ3n) is 4.32. The number of nitrogens with zero attached hydrogens (tertiary/aromatic N) is 1. The molecule has 28 heavy (non-hydrogen) atoms. The summed E-state index contributed by atoms with van der Waals surface area (Å²) in [5.41, 5.74) is 3.16. The Labute approximate surface area is 169 Å². The van der Waals surface area contributed by atoms with Crippen LogP contribution in [0, 0.1) is 12.7 Å². The van der Waals surface area contributed by atoms with Gasteiger partial charge in [-0.2, -0.15) is 0 Å². The van der Waals surface area contributed by atoms with Crippen LogP contribution >= 0.6 is 22.7 Å². The van der Waals surface area contributed by atoms with E-state index in [2.05, 4.69) is 10.3 Å². The molecule has 0 aliphatic heterocycles. The molecular formula is C21H17FN2O2S2. The van der Waals surface area contributed by atoms with Gasteiger partial charge in [0.2, 0.25) is 0 Å². The second kappa shape index (κ2) is 7.79. The van der Waals surface area contributed by atoms with E-state index in [-0.39, 0.29) is 18.3 Å². The number of benzene rings is 2. The van der Waals surface area contributed by atoms with Gasteiger partial charge in [0.05, 0.1) is 22.2 Å². The zero-order chi connectivity index (χ0) is 19.7. The smallest absolute Gasteiger partial charge is 0.266 e. The SMILES string of the molecule is COCc1c(C(=O)Nc2ccc(-c3csc(C)n3)cc2)sc2cccc(F)c12. The molecule has 4 nitrogen and oxygen atoms in total. The molecule has 2 aromatic carbocycles. The summed E-state index contributed by atoms with van der Waals surface area (Å²) in [5, 5.41) is 6.36. The normalized spacial score (nSPS) is 11.1. The average molecular weight is 413 g/mol. The number of hydrogen-bond donors (Lipinski definition) is 1. The zero-order valence-corrected chi connectivity index (χ0v) is 16.9. The average Bonchev–Trinajstić information content (AvgIpc) is 3.28. The minimum atomic E-state index is -0.345. The molecule has 1 amide bonds. The van der Waals surface area contributed by atoms with Crippen LogP contribution in [-0.2, 0) is 11.3 Å². The molecule has 2 aromatic heterocycles. The van der Waals surface area contributed by atoms with Gasteiger partial charge in [-0.1, -0.05) is 18.2 Å². The standard InChI is InChI=1S/C21H17FN2O2S2/c1-12-23-17(11-27-12)13-6-8-14(9-7-13)24-21(25)20-15(10-26-2)19-16(22)4-3-5-18(19)28-20/h3-9,11H,10H2,1-2H3,(H,24,25). The van der Waals surface area contributed by atoms with Crippen LogP contribution in [0.3, 0.4) is 0 Å². The largest absolute Gasteiger partial charge is 0.380 e. The number of aromatic nitrogens is 1. The molecule has 0 atom stereocenters. The van der Waals surface area contributed by atoms with Gasteiger partial charge >= 0.3 is 0 Å². The summed E-state index contributed by atoms with van der Waals surface area (Å²) in [6.07, 6.45) is 0. The van der Waals surface area contributed by atoms with Crippen molar-refractivity contribution in [3.8, 4) is 11.3 Å². The fourth-order valence-electron chi connectivity index (χ4n) is 3.04. The first kappa shape index (κ1) is 18.7. The summed E-state index contributed by atoms with van der Waals surface area (Å²) < 4.78 is 20.2. The van der Waals surface area contributed by atoms with Crippen LogP contribution in [0.4, 0.5) is 10.1 Å². The maximum atomic E-state index is 14.3. The number of carbonyl (C=O) groups excluding carboxylic acids is 1. The predicted octanol–water partition coefficient (Wildman–Crippen LogP) is 5.87. The number of thiazole rings is 1. The molecule has 0 saturated heterocycles. The minimum absolute atomic E-state index is 0.172. The van der Waals surface area contributed by atoms with Crippen molar-refractivity contribution >= 4 is 44.4 Å². The third kappa shape index (κ3) is 3.56. The Bertz CT molecular complexity index is 1150. The number of nitrogens with one attached hydrogen (secondary N) is 1. The minimum Gasteiger partial charge on any atom is -0.380 e. The highest BCUT2D eigenvalue weighted by Gasteiger charge is 2.20. The van der Waals surface area contributed by atoms with Crippen molar-refractivity contribution in [2.75, 3.05) is 12.4 Å². The van der Waals surface area contributed by atoms with E-state index in [0.717, 1.165) is 21.0 Å². The van der Waals surface area contributed by atoms with Gasteiger partial charge in [0.25, 0.3) is 5.91 Å². The molecular weight excluding hydrogens is 395 g/mol. The molecule has 7 heteroatoms. The molecule has 4 aromatic rings. The van der Waals surface area contributed by atoms with Crippen molar-refractivity contribution in [1.82, 2.24) is 4.98 Å². The van der Waals surface area contributed by atoms with Crippen LogP contribution < -0.4 is 5.32 Å². The van der Waals surface area contributed by atoms with Gasteiger partial charge in [0.15, 0.2) is 0 Å². The summed E-state index contributed by atoms with van der Waals surface area (Å²) in [7, 11) is 1.53. The number of carbonyl (C=O) groups is 1. The number of hydrogen-bond acceptors (Lipinski definition) is 5. The highest BCUT2D eigenvalue weighted by molar-refractivity contribution is 7.21. The Kier molecular flexibility index (Phi) is 5.21. The van der Waals surface area contributed by atoms with Gasteiger partial charge in [-0.05, 0) is 31.2 Å². The second-order valence-electron chi connectivity index (χ2n) is 6.24. The fraction of sp³-hybridized carbons (Fsp3) is 0.143. The van der Waals surface area contributed by atoms with E-state index >= 15 is 0 Å². The molecule has 0 spiro atoms. The van der Waals surface area contributed by atoms with Gasteiger partial charge in [0.1, 0.15) is 5.82 Å². The molecule has 0 unspecified atom stereocenters. The summed E-state index contributed by atoms with van der Waals surface area (Å²) >= 11 is 2.87. The summed E-state index contributed by atoms with van der Waals surface area (Å²) in [6, 6.07) is 12.4. The van der Waals surface area contributed by atoms with Gasteiger partial charge in [-0.25, -0.2) is 9.37 Å². The molecule has 0 aliphatic carbocycles. The maximum absolute atomic E-state index is 14.3. The molecule has 0 bridgehead atoms. The van der Waals surface area contributed by atoms with E-state index in [1.165, 1.54) is 24.5 Å². The van der Waals surface area contributed by atoms with Crippen molar-refractivity contribution in [1.29, 1.82) is 0 Å². The lowest BCUT2D eigenvalue weighted by Gasteiger charge is -2.07. The van der Waals surface area contributed by atoms with E-state index in [0.29, 0.717) is 21.5 Å². The summed E-state index contributed by atoms with van der Waals surface area (Å²) in [4.78, 5) is 17.8. The van der Waals surface area contributed by atoms with E-state index in [4.69, 9.17) is 4.74 Å². The lowest BCUT2D eigenvalue weighted by molar-refractivity contribution is 0.102. The van der Waals surface area contributed by atoms with Crippen LogP contribution in [0.25, 0.3) is 21.3 Å². The van der Waals surface area contributed by atoms with Crippen molar-refractivity contribution in [3.05, 3.63) is 69.1 Å². The van der Waals surface area contributed by atoms with E-state index in [1.807, 2.05) is 42.6 Å². The molecule has 0 saturated carbocycles. The number of methoxy groups -OCH3 is 1. The number of amides is 1. The lowest BCUT2D eigenvalue weighted by Crippen LogP contribution is -2.12. The number of halogens is 1. The highest BCUT2D eigenvalue weighted by atomic mass is 32.1. The van der Waals surface area contributed by atoms with E-state index in [9.17, 15) is 9.18 Å². The van der Waals surface area contributed by atoms with Crippen LogP contribution in [-0.4, -0.2) is 18.0 Å². The highest BCUT2D eigenvalue weighted by Crippen LogP contribution is 2.34. The van der Waals surface area contributed by atoms with Crippen molar-refractivity contribution in [3.63, 3.8) is 0 Å². The van der Waals surface area contributed by atoms with Gasteiger partial charge in [-0.3, -0.25) is 4.79 Å². The Balaban J connectivity index is 1.61. The van der Waals surface area contributed by atoms with Gasteiger partial charge in [-0.15, -0.1) is 22.7 Å². The van der Waals surface area contributed by atoms with Gasteiger partial charge < -0.3 is 10.1 Å². The predicted molar refractivity (Wildman–Crippen MR) is 113 cm³/mol. The van der Waals surface area contributed by atoms with Crippen molar-refractivity contribution in [2.24, 2.45) is 0 Å². The number of fused-ring (bicyclic) bond motifs is 1. The quantitative estimate of drug-likeness (QED) is 0.446. The molecule has 1 N–H and O–H groups in total. The first-order chi connectivity index (χ1) is 13.6. The first-order valence-corrected chi connectivity index (χ1v) is 10.3. The fourth-order valence-corrected chi connectivity index (χ4v) is 4.78. The Hall–Kier alpha value is -2.61. The second-order valence-corrected chi connectivity index (χ2v) is 8.35. The van der Waals surface area contributed by atoms with Crippen LogP contribution in [0.2, 0.25) is 0 Å². The Morgan fingerprint density at radius 2 is 2.00 bits per heavy atom. The van der Waals surface area contributed by atoms with Crippen LogP contribution in [0.15, 0.2) is 47.8 Å². The van der Waals surface area contributed by atoms with Crippen LogP contribution in [0.5, 0.6) is 0 Å². The third-order valence-corrected chi connectivity index (χ3v) is 6.29. The topological polar surface area (TPSA) is 51.2 Å². The first-order valence-electron chi connectivity index (χ1n) is 8.59. The zero-order valence-electron chi connectivity index (χ0n) is 15.3. The number of rotatable bonds is 5. The molecule has 0 radical (unpaired) electrons. The maximum Gasteiger partial charge on any atom is 0.266 e.